The van der Waals surface area contributed by atoms with Gasteiger partial charge in [-0.25, -0.2) is 22.9 Å². The first-order valence-corrected chi connectivity index (χ1v) is 22.8. The third-order valence-electron chi connectivity index (χ3n) is 11.8. The van der Waals surface area contributed by atoms with Crippen LogP contribution in [-0.4, -0.2) is 84.9 Å². The lowest BCUT2D eigenvalue weighted by atomic mass is 9.94. The highest BCUT2D eigenvalue weighted by atomic mass is 32.2. The average molecular weight is 872 g/mol. The Bertz CT molecular complexity index is 2880. The summed E-state index contributed by atoms with van der Waals surface area (Å²) < 4.78 is 37.1. The molecular formula is C48H53N7O7S. The number of hydrogen-bond acceptors (Lipinski definition) is 9. The van der Waals surface area contributed by atoms with E-state index >= 15 is 0 Å². The minimum absolute atomic E-state index is 0.0186. The summed E-state index contributed by atoms with van der Waals surface area (Å²) in [4.78, 5) is 34.8. The van der Waals surface area contributed by atoms with E-state index in [0.29, 0.717) is 28.7 Å². The maximum atomic E-state index is 13.4. The van der Waals surface area contributed by atoms with Gasteiger partial charge in [-0.3, -0.25) is 10.1 Å². The molecule has 0 radical (unpaired) electrons. The number of nitrogens with one attached hydrogen (secondary N) is 4. The van der Waals surface area contributed by atoms with Gasteiger partial charge in [0.2, 0.25) is 10.0 Å². The van der Waals surface area contributed by atoms with E-state index in [1.807, 2.05) is 92.8 Å². The van der Waals surface area contributed by atoms with Gasteiger partial charge in [-0.1, -0.05) is 61.7 Å². The molecule has 1 saturated carbocycles. The number of carboxylic acids is 1. The van der Waals surface area contributed by atoms with Gasteiger partial charge in [0.15, 0.2) is 6.61 Å². The van der Waals surface area contributed by atoms with Gasteiger partial charge in [0, 0.05) is 84.0 Å². The summed E-state index contributed by atoms with van der Waals surface area (Å²) in [7, 11) is -0.0179. The highest BCUT2D eigenvalue weighted by Gasteiger charge is 2.24. The molecule has 1 aliphatic rings. The second kappa shape index (κ2) is 18.6. The van der Waals surface area contributed by atoms with Crippen molar-refractivity contribution in [1.82, 2.24) is 29.9 Å². The molecule has 1 fully saturated rings. The van der Waals surface area contributed by atoms with E-state index in [9.17, 15) is 23.1 Å². The minimum atomic E-state index is -3.85. The van der Waals surface area contributed by atoms with E-state index in [4.69, 9.17) is 14.8 Å². The summed E-state index contributed by atoms with van der Waals surface area (Å²) in [5.41, 5.74) is 6.56. The van der Waals surface area contributed by atoms with Crippen LogP contribution in [0.5, 0.6) is 5.75 Å². The SMILES string of the molecule is C[C@H](Cc1c[nH]c2ccc(OCC(=O)O)cc12)NC(O)c1ccc2c(c1)nc(-c1ccc(C(=O)NCCNS(=O)(=O)c3cccc4c(N(C)C)cccc34)cc1)n2C1CCCCC1. The zero-order valence-electron chi connectivity index (χ0n) is 35.6. The number of aliphatic carboxylic acids is 1. The van der Waals surface area contributed by atoms with Gasteiger partial charge in [-0.15, -0.1) is 0 Å². The van der Waals surface area contributed by atoms with Crippen LogP contribution in [0.2, 0.25) is 0 Å². The molecule has 8 rings (SSSR count). The van der Waals surface area contributed by atoms with E-state index in [0.717, 1.165) is 75.6 Å². The minimum Gasteiger partial charge on any atom is -0.482 e. The van der Waals surface area contributed by atoms with Gasteiger partial charge in [0.25, 0.3) is 5.91 Å². The van der Waals surface area contributed by atoms with Crippen molar-refractivity contribution < 1.29 is 33.0 Å². The molecule has 1 unspecified atom stereocenters. The van der Waals surface area contributed by atoms with Crippen molar-refractivity contribution in [3.05, 3.63) is 120 Å². The predicted molar refractivity (Wildman–Crippen MR) is 246 cm³/mol. The fourth-order valence-corrected chi connectivity index (χ4v) is 9.97. The van der Waals surface area contributed by atoms with Crippen molar-refractivity contribution in [3.8, 4) is 17.1 Å². The number of nitrogens with zero attached hydrogens (tertiary/aromatic N) is 3. The molecule has 0 aliphatic heterocycles. The first kappa shape index (κ1) is 43.4. The number of aliphatic hydroxyl groups is 1. The number of carboxylic acid groups (broad SMARTS) is 1. The summed E-state index contributed by atoms with van der Waals surface area (Å²) >= 11 is 0. The fourth-order valence-electron chi connectivity index (χ4n) is 8.71. The quantitative estimate of drug-likeness (QED) is 0.0400. The molecule has 63 heavy (non-hydrogen) atoms. The summed E-state index contributed by atoms with van der Waals surface area (Å²) in [6, 6.07) is 29.6. The van der Waals surface area contributed by atoms with Crippen LogP contribution in [0.25, 0.3) is 44.1 Å². The molecule has 0 bridgehead atoms. The van der Waals surface area contributed by atoms with E-state index in [1.165, 1.54) is 6.42 Å². The predicted octanol–water partition coefficient (Wildman–Crippen LogP) is 7.29. The monoisotopic (exact) mass is 871 g/mol. The van der Waals surface area contributed by atoms with Crippen LogP contribution in [-0.2, 0) is 21.2 Å². The van der Waals surface area contributed by atoms with Crippen molar-refractivity contribution >= 4 is 60.3 Å². The standard InChI is InChI=1S/C48H53N7O7S/c1-30(25-34-28-50-40-21-20-36(27-39(34)40)62-29-45(56)57)52-48(59)33-19-22-43-41(26-33)53-46(55(43)35-9-5-4-6-10-35)31-15-17-32(18-16-31)47(58)49-23-24-51-63(60,61)44-14-8-11-37-38(44)12-7-13-42(37)54(2)3/h7-8,11-22,26-28,30,35,48,50-52,59H,4-6,9-10,23-25,29H2,1-3H3,(H,49,58)(H,56,57)/t30-,48?/m1/s1. The van der Waals surface area contributed by atoms with Crippen LogP contribution in [0.1, 0.15) is 72.8 Å². The Kier molecular flexibility index (Phi) is 12.8. The molecule has 6 N–H and O–H groups in total. The lowest BCUT2D eigenvalue weighted by Crippen LogP contribution is -2.34. The Morgan fingerprint density at radius 1 is 0.921 bits per heavy atom. The van der Waals surface area contributed by atoms with E-state index in [-0.39, 0.29) is 36.0 Å². The molecule has 14 nitrogen and oxygen atoms in total. The third kappa shape index (κ3) is 9.56. The number of H-pyrrole nitrogens is 1. The van der Waals surface area contributed by atoms with Crippen molar-refractivity contribution in [2.45, 2.75) is 68.7 Å². The smallest absolute Gasteiger partial charge is 0.341 e. The van der Waals surface area contributed by atoms with Crippen molar-refractivity contribution in [1.29, 1.82) is 0 Å². The normalized spacial score (nSPS) is 14.5. The van der Waals surface area contributed by atoms with E-state index in [2.05, 4.69) is 24.9 Å². The van der Waals surface area contributed by atoms with Crippen LogP contribution >= 0.6 is 0 Å². The second-order valence-electron chi connectivity index (χ2n) is 16.5. The fraction of sp³-hybridized carbons (Fsp3) is 0.312. The summed E-state index contributed by atoms with van der Waals surface area (Å²) in [6.45, 7) is 1.70. The number of imidazole rings is 1. The van der Waals surface area contributed by atoms with Gasteiger partial charge >= 0.3 is 5.97 Å². The summed E-state index contributed by atoms with van der Waals surface area (Å²) in [5.74, 6) is -0.0916. The zero-order valence-corrected chi connectivity index (χ0v) is 36.4. The molecule has 2 heterocycles. The van der Waals surface area contributed by atoms with Gasteiger partial charge < -0.3 is 34.7 Å². The topological polar surface area (TPSA) is 191 Å². The summed E-state index contributed by atoms with van der Waals surface area (Å²) in [6.07, 6.45) is 7.07. The zero-order chi connectivity index (χ0) is 44.3. The largest absolute Gasteiger partial charge is 0.482 e. The van der Waals surface area contributed by atoms with E-state index < -0.39 is 28.8 Å². The average Bonchev–Trinajstić information content (AvgIpc) is 3.87. The lowest BCUT2D eigenvalue weighted by Gasteiger charge is -2.26. The molecule has 15 heteroatoms. The second-order valence-corrected chi connectivity index (χ2v) is 18.2. The van der Waals surface area contributed by atoms with Crippen molar-refractivity contribution in [2.24, 2.45) is 0 Å². The Morgan fingerprint density at radius 2 is 1.68 bits per heavy atom. The number of amides is 1. The Balaban J connectivity index is 0.936. The van der Waals surface area contributed by atoms with Gasteiger partial charge in [0.1, 0.15) is 17.8 Å². The molecule has 0 spiro atoms. The van der Waals surface area contributed by atoms with Crippen LogP contribution < -0.4 is 25.0 Å². The third-order valence-corrected chi connectivity index (χ3v) is 13.3. The first-order valence-electron chi connectivity index (χ1n) is 21.3. The molecule has 2 atom stereocenters. The Morgan fingerprint density at radius 3 is 2.44 bits per heavy atom. The number of fused-ring (bicyclic) bond motifs is 3. The maximum Gasteiger partial charge on any atom is 0.341 e. The number of carbonyl (C=O) groups excluding carboxylic acids is 1. The molecule has 1 aliphatic carbocycles. The number of aliphatic hydroxyl groups excluding tert-OH is 1. The number of aromatic amines is 1. The first-order chi connectivity index (χ1) is 30.4. The number of benzene rings is 5. The molecular weight excluding hydrogens is 819 g/mol. The maximum absolute atomic E-state index is 13.4. The van der Waals surface area contributed by atoms with E-state index in [1.54, 1.807) is 36.4 Å². The number of hydrogen-bond donors (Lipinski definition) is 6. The number of carbonyl (C=O) groups is 2. The van der Waals surface area contributed by atoms with Crippen LogP contribution in [0.3, 0.4) is 0 Å². The molecule has 0 saturated heterocycles. The molecule has 5 aromatic carbocycles. The molecule has 328 valence electrons. The molecule has 1 amide bonds. The number of ether oxygens (including phenoxy) is 1. The van der Waals surface area contributed by atoms with Crippen LogP contribution in [0, 0.1) is 0 Å². The number of anilines is 1. The van der Waals surface area contributed by atoms with Crippen molar-refractivity contribution in [3.63, 3.8) is 0 Å². The molecule has 7 aromatic rings. The highest BCUT2D eigenvalue weighted by molar-refractivity contribution is 7.89. The van der Waals surface area contributed by atoms with Crippen LogP contribution in [0.4, 0.5) is 5.69 Å². The number of rotatable bonds is 17. The van der Waals surface area contributed by atoms with Gasteiger partial charge in [0.05, 0.1) is 15.9 Å². The lowest BCUT2D eigenvalue weighted by molar-refractivity contribution is -0.139. The van der Waals surface area contributed by atoms with Crippen LogP contribution in [0.15, 0.2) is 108 Å². The summed E-state index contributed by atoms with van der Waals surface area (Å²) in [5, 5.41) is 29.0. The number of aromatic nitrogens is 3. The van der Waals surface area contributed by atoms with Gasteiger partial charge in [-0.2, -0.15) is 0 Å². The van der Waals surface area contributed by atoms with Gasteiger partial charge in [-0.05, 0) is 91.9 Å². The highest BCUT2D eigenvalue weighted by Crippen LogP contribution is 2.37. The number of sulfonamides is 1. The van der Waals surface area contributed by atoms with Crippen molar-refractivity contribution in [2.75, 3.05) is 38.7 Å². The Hall–Kier alpha value is -6.26. The molecule has 2 aromatic heterocycles. The Labute approximate surface area is 366 Å².